The summed E-state index contributed by atoms with van der Waals surface area (Å²) >= 11 is -0.556. The fraction of sp³-hybridized carbons (Fsp3) is 0.179. The van der Waals surface area contributed by atoms with Crippen LogP contribution in [-0.4, -0.2) is 0 Å². The summed E-state index contributed by atoms with van der Waals surface area (Å²) in [6.45, 7) is 11.0. The first-order valence-corrected chi connectivity index (χ1v) is 17.7. The van der Waals surface area contributed by atoms with Crippen LogP contribution in [0.1, 0.15) is 27.8 Å². The molecule has 0 spiro atoms. The van der Waals surface area contributed by atoms with Crippen molar-refractivity contribution >= 4 is 43.0 Å². The van der Waals surface area contributed by atoms with Crippen molar-refractivity contribution in [3.05, 3.63) is 119 Å². The molecule has 4 aromatic rings. The van der Waals surface area contributed by atoms with Gasteiger partial charge in [-0.3, -0.25) is 0 Å². The molecule has 0 nitrogen and oxygen atoms in total. The molecule has 0 heterocycles. The summed E-state index contributed by atoms with van der Waals surface area (Å²) in [6.07, 6.45) is 0. The summed E-state index contributed by atoms with van der Waals surface area (Å²) in [5, 5.41) is 4.19. The first-order chi connectivity index (χ1) is 15.4. The molecular weight excluding hydrogens is 630 g/mol. The van der Waals surface area contributed by atoms with Gasteiger partial charge in [0.15, 0.2) is 0 Å². The van der Waals surface area contributed by atoms with Gasteiger partial charge in [0.05, 0.1) is 0 Å². The SMILES string of the molecule is Cc1c(C)c(C)[c-](C)c1C.[Cl][Ir+][Cl].c1ccc(P(c2ccccc2)c2ccccc2)cc1. The Balaban J connectivity index is 0.000000235. The third-order valence-electron chi connectivity index (χ3n) is 5.86. The second-order valence-electron chi connectivity index (χ2n) is 7.51. The van der Waals surface area contributed by atoms with Crippen molar-refractivity contribution < 1.29 is 15.7 Å². The van der Waals surface area contributed by atoms with Crippen molar-refractivity contribution in [1.82, 2.24) is 0 Å². The van der Waals surface area contributed by atoms with E-state index in [1.54, 1.807) is 0 Å². The van der Waals surface area contributed by atoms with Gasteiger partial charge in [0, 0.05) is 0 Å². The first kappa shape index (κ1) is 26.9. The topological polar surface area (TPSA) is 0 Å². The van der Waals surface area contributed by atoms with Crippen LogP contribution in [-0.2, 0) is 15.7 Å². The number of rotatable bonds is 3. The summed E-state index contributed by atoms with van der Waals surface area (Å²) < 4.78 is 0. The molecule has 0 bridgehead atoms. The van der Waals surface area contributed by atoms with Crippen LogP contribution >= 0.6 is 27.1 Å². The Morgan fingerprint density at radius 1 is 0.562 bits per heavy atom. The molecule has 0 aromatic heterocycles. The van der Waals surface area contributed by atoms with E-state index in [2.05, 4.69) is 126 Å². The Labute approximate surface area is 211 Å². The molecule has 170 valence electrons. The fourth-order valence-electron chi connectivity index (χ4n) is 3.58. The quantitative estimate of drug-likeness (QED) is 0.156. The van der Waals surface area contributed by atoms with E-state index in [4.69, 9.17) is 19.2 Å². The Hall–Kier alpha value is -1.33. The summed E-state index contributed by atoms with van der Waals surface area (Å²) in [5.74, 6) is 0. The molecule has 32 heavy (non-hydrogen) atoms. The zero-order chi connectivity index (χ0) is 23.5. The molecule has 0 radical (unpaired) electrons. The van der Waals surface area contributed by atoms with E-state index in [0.717, 1.165) is 0 Å². The number of hydrogen-bond donors (Lipinski definition) is 0. The van der Waals surface area contributed by atoms with Gasteiger partial charge < -0.3 is 0 Å². The van der Waals surface area contributed by atoms with Crippen LogP contribution < -0.4 is 15.9 Å². The largest absolute Gasteiger partial charge is 0.0622 e. The van der Waals surface area contributed by atoms with Gasteiger partial charge in [0.2, 0.25) is 0 Å². The molecule has 0 unspecified atom stereocenters. The van der Waals surface area contributed by atoms with E-state index in [0.29, 0.717) is 0 Å². The Morgan fingerprint density at radius 2 is 0.812 bits per heavy atom. The summed E-state index contributed by atoms with van der Waals surface area (Å²) in [4.78, 5) is 0. The van der Waals surface area contributed by atoms with E-state index < -0.39 is 23.6 Å². The van der Waals surface area contributed by atoms with Gasteiger partial charge in [-0.25, -0.2) is 0 Å². The third kappa shape index (κ3) is 7.34. The maximum absolute atomic E-state index is 4.89. The number of benzene rings is 3. The molecule has 0 saturated carbocycles. The van der Waals surface area contributed by atoms with Gasteiger partial charge in [0.1, 0.15) is 0 Å². The fourth-order valence-corrected chi connectivity index (χ4v) is 5.89. The minimum atomic E-state index is -0.556. The summed E-state index contributed by atoms with van der Waals surface area (Å²) in [6, 6.07) is 32.3. The molecule has 0 atom stereocenters. The van der Waals surface area contributed by atoms with Crippen LogP contribution in [0.4, 0.5) is 0 Å². The first-order valence-electron chi connectivity index (χ1n) is 10.4. The predicted octanol–water partition coefficient (Wildman–Crippen LogP) is 7.77. The smallest absolute Gasteiger partial charge is 0.0134 e. The van der Waals surface area contributed by atoms with Crippen LogP contribution in [0.15, 0.2) is 91.0 Å². The maximum atomic E-state index is 4.89. The third-order valence-corrected chi connectivity index (χ3v) is 8.30. The number of hydrogen-bond acceptors (Lipinski definition) is 0. The van der Waals surface area contributed by atoms with E-state index in [-0.39, 0.29) is 0 Å². The average Bonchev–Trinajstić information content (AvgIpc) is 3.00. The van der Waals surface area contributed by atoms with Crippen LogP contribution in [0.25, 0.3) is 0 Å². The van der Waals surface area contributed by atoms with E-state index >= 15 is 0 Å². The van der Waals surface area contributed by atoms with Crippen LogP contribution in [0.5, 0.6) is 0 Å². The monoisotopic (exact) mass is 660 g/mol. The molecule has 0 N–H and O–H groups in total. The predicted molar refractivity (Wildman–Crippen MR) is 143 cm³/mol. The molecule has 0 fully saturated rings. The minimum absolute atomic E-state index is 0.446. The summed E-state index contributed by atoms with van der Waals surface area (Å²) in [5.41, 5.74) is 7.34. The van der Waals surface area contributed by atoms with Gasteiger partial charge in [-0.05, 0) is 23.8 Å². The van der Waals surface area contributed by atoms with Gasteiger partial charge in [-0.15, -0.1) is 0 Å². The Morgan fingerprint density at radius 3 is 1.00 bits per heavy atom. The number of halogens is 2. The standard InChI is InChI=1S/C18H15P.C10H15.2ClH.Ir/c1-4-10-16(11-5-1)19(17-12-6-2-7-13-17)18-14-8-3-9-15-18;1-6-7(2)9(4)10(5)8(6)3;;;/h1-15H;1-5H3;2*1H;/q;-1;;;+3/p-2. The molecule has 4 rings (SSSR count). The van der Waals surface area contributed by atoms with Crippen LogP contribution in [0, 0.1) is 34.6 Å². The molecule has 0 saturated heterocycles. The van der Waals surface area contributed by atoms with Gasteiger partial charge >= 0.3 is 34.8 Å². The van der Waals surface area contributed by atoms with Crippen molar-refractivity contribution in [2.45, 2.75) is 34.6 Å². The molecule has 4 heteroatoms. The van der Waals surface area contributed by atoms with Crippen LogP contribution in [0.2, 0.25) is 0 Å². The molecule has 0 aliphatic rings. The Kier molecular flexibility index (Phi) is 11.8. The van der Waals surface area contributed by atoms with Crippen molar-refractivity contribution in [1.29, 1.82) is 0 Å². The molecule has 0 amide bonds. The van der Waals surface area contributed by atoms with Crippen molar-refractivity contribution in [2.75, 3.05) is 0 Å². The van der Waals surface area contributed by atoms with Gasteiger partial charge in [-0.1, -0.05) is 126 Å². The van der Waals surface area contributed by atoms with E-state index in [9.17, 15) is 0 Å². The van der Waals surface area contributed by atoms with Crippen LogP contribution in [0.3, 0.4) is 0 Å². The van der Waals surface area contributed by atoms with Crippen molar-refractivity contribution in [2.24, 2.45) is 0 Å². The second kappa shape index (κ2) is 14.0. The average molecular weight is 661 g/mol. The molecule has 4 aromatic carbocycles. The van der Waals surface area contributed by atoms with E-state index in [1.807, 2.05) is 0 Å². The zero-order valence-electron chi connectivity index (χ0n) is 19.2. The zero-order valence-corrected chi connectivity index (χ0v) is 24.0. The van der Waals surface area contributed by atoms with Gasteiger partial charge in [-0.2, -0.15) is 27.8 Å². The Bertz CT molecular complexity index is 887. The van der Waals surface area contributed by atoms with Crippen molar-refractivity contribution in [3.63, 3.8) is 0 Å². The molecule has 0 aliphatic carbocycles. The normalized spacial score (nSPS) is 10.2. The minimum Gasteiger partial charge on any atom is -0.0622 e. The molecular formula is C28H30Cl2IrP. The van der Waals surface area contributed by atoms with E-state index in [1.165, 1.54) is 43.7 Å². The van der Waals surface area contributed by atoms with Gasteiger partial charge in [0.25, 0.3) is 0 Å². The van der Waals surface area contributed by atoms with Crippen molar-refractivity contribution in [3.8, 4) is 0 Å². The molecule has 0 aliphatic heterocycles. The summed E-state index contributed by atoms with van der Waals surface area (Å²) in [7, 11) is 9.33. The maximum Gasteiger partial charge on any atom is -0.0134 e. The second-order valence-corrected chi connectivity index (χ2v) is 13.2.